The molecule has 3 nitrogen and oxygen atoms in total. The van der Waals surface area contributed by atoms with E-state index in [2.05, 4.69) is 34.7 Å². The van der Waals surface area contributed by atoms with Gasteiger partial charge in [0.25, 0.3) is 0 Å². The largest absolute Gasteiger partial charge is 0.370 e. The molecule has 1 saturated heterocycles. The number of nitrogens with zero attached hydrogens (tertiary/aromatic N) is 1. The molecule has 1 aromatic rings. The Kier molecular flexibility index (Phi) is 3.56. The number of hydrogen-bond acceptors (Lipinski definition) is 3. The predicted octanol–water partition coefficient (Wildman–Crippen LogP) is 2.33. The van der Waals surface area contributed by atoms with E-state index in [1.54, 1.807) is 0 Å². The first-order valence-corrected chi connectivity index (χ1v) is 5.83. The summed E-state index contributed by atoms with van der Waals surface area (Å²) in [6.45, 7) is 4.14. The van der Waals surface area contributed by atoms with E-state index >= 15 is 0 Å². The molecule has 0 bridgehead atoms. The van der Waals surface area contributed by atoms with Gasteiger partial charge in [-0.1, -0.05) is 12.5 Å². The van der Waals surface area contributed by atoms with E-state index in [-0.39, 0.29) is 0 Å². The predicted molar refractivity (Wildman–Crippen MR) is 63.0 cm³/mol. The molecule has 0 aromatic carbocycles. The highest BCUT2D eigenvalue weighted by Gasteiger charge is 2.14. The van der Waals surface area contributed by atoms with Gasteiger partial charge in [-0.05, 0) is 37.9 Å². The maximum atomic E-state index is 4.39. The van der Waals surface area contributed by atoms with Gasteiger partial charge in [0.15, 0.2) is 0 Å². The zero-order chi connectivity index (χ0) is 10.5. The highest BCUT2D eigenvalue weighted by Crippen LogP contribution is 2.22. The molecule has 2 heterocycles. The normalized spacial score (nSPS) is 21.3. The van der Waals surface area contributed by atoms with Gasteiger partial charge in [-0.3, -0.25) is 0 Å². The van der Waals surface area contributed by atoms with Crippen LogP contribution in [0.5, 0.6) is 0 Å². The maximum absolute atomic E-state index is 4.39. The van der Waals surface area contributed by atoms with Crippen molar-refractivity contribution in [2.24, 2.45) is 0 Å². The molecule has 0 aliphatic carbocycles. The van der Waals surface area contributed by atoms with Crippen LogP contribution in [0, 0.1) is 0 Å². The van der Waals surface area contributed by atoms with Gasteiger partial charge in [0.1, 0.15) is 5.82 Å². The van der Waals surface area contributed by atoms with Gasteiger partial charge in [-0.2, -0.15) is 0 Å². The molecule has 2 N–H and O–H groups in total. The molecule has 1 aromatic heterocycles. The summed E-state index contributed by atoms with van der Waals surface area (Å²) in [5.74, 6) is 0.969. The van der Waals surface area contributed by atoms with Crippen LogP contribution in [0.25, 0.3) is 0 Å². The van der Waals surface area contributed by atoms with Crippen LogP contribution in [-0.4, -0.2) is 18.1 Å². The molecule has 1 fully saturated rings. The molecule has 15 heavy (non-hydrogen) atoms. The zero-order valence-electron chi connectivity index (χ0n) is 9.29. The van der Waals surface area contributed by atoms with Gasteiger partial charge in [0.05, 0.1) is 0 Å². The average Bonchev–Trinajstić information content (AvgIpc) is 2.32. The van der Waals surface area contributed by atoms with Gasteiger partial charge >= 0.3 is 0 Å². The van der Waals surface area contributed by atoms with Crippen LogP contribution in [-0.2, 0) is 0 Å². The Morgan fingerprint density at radius 3 is 3.00 bits per heavy atom. The summed E-state index contributed by atoms with van der Waals surface area (Å²) in [6.07, 6.45) is 5.86. The molecule has 1 aliphatic rings. The van der Waals surface area contributed by atoms with E-state index in [1.807, 2.05) is 6.20 Å². The second-order valence-corrected chi connectivity index (χ2v) is 4.01. The average molecular weight is 205 g/mol. The smallest absolute Gasteiger partial charge is 0.125 e. The van der Waals surface area contributed by atoms with Crippen LogP contribution in [0.3, 0.4) is 0 Å². The van der Waals surface area contributed by atoms with Crippen molar-refractivity contribution in [2.75, 3.05) is 18.4 Å². The first kappa shape index (κ1) is 10.4. The van der Waals surface area contributed by atoms with E-state index in [1.165, 1.54) is 24.8 Å². The molecule has 0 unspecified atom stereocenters. The fourth-order valence-corrected chi connectivity index (χ4v) is 2.03. The van der Waals surface area contributed by atoms with Crippen molar-refractivity contribution in [3.8, 4) is 0 Å². The van der Waals surface area contributed by atoms with Crippen molar-refractivity contribution in [1.29, 1.82) is 0 Å². The Balaban J connectivity index is 2.02. The summed E-state index contributed by atoms with van der Waals surface area (Å²) >= 11 is 0. The Labute approximate surface area is 91.3 Å². The second kappa shape index (κ2) is 5.12. The molecule has 2 rings (SSSR count). The molecule has 0 amide bonds. The SMILES string of the molecule is CCNc1ccc([C@H]2CCCCN2)cn1. The van der Waals surface area contributed by atoms with Crippen molar-refractivity contribution in [3.05, 3.63) is 23.9 Å². The molecule has 1 aliphatic heterocycles. The fraction of sp³-hybridized carbons (Fsp3) is 0.583. The molecular formula is C12H19N3. The summed E-state index contributed by atoms with van der Waals surface area (Å²) in [6, 6.07) is 4.75. The summed E-state index contributed by atoms with van der Waals surface area (Å²) in [5, 5.41) is 6.73. The van der Waals surface area contributed by atoms with E-state index in [9.17, 15) is 0 Å². The molecule has 0 radical (unpaired) electrons. The monoisotopic (exact) mass is 205 g/mol. The molecular weight excluding hydrogens is 186 g/mol. The minimum absolute atomic E-state index is 0.516. The Morgan fingerprint density at radius 2 is 2.40 bits per heavy atom. The number of nitrogens with one attached hydrogen (secondary N) is 2. The quantitative estimate of drug-likeness (QED) is 0.795. The highest BCUT2D eigenvalue weighted by atomic mass is 15.0. The van der Waals surface area contributed by atoms with Gasteiger partial charge < -0.3 is 10.6 Å². The lowest BCUT2D eigenvalue weighted by Crippen LogP contribution is -2.26. The molecule has 1 atom stereocenters. The summed E-state index contributed by atoms with van der Waals surface area (Å²) in [5.41, 5.74) is 1.32. The first-order valence-electron chi connectivity index (χ1n) is 5.83. The third-order valence-corrected chi connectivity index (χ3v) is 2.86. The van der Waals surface area contributed by atoms with Crippen LogP contribution >= 0.6 is 0 Å². The Bertz CT molecular complexity index is 288. The maximum Gasteiger partial charge on any atom is 0.125 e. The van der Waals surface area contributed by atoms with E-state index in [4.69, 9.17) is 0 Å². The summed E-state index contributed by atoms with van der Waals surface area (Å²) < 4.78 is 0. The molecule has 0 spiro atoms. The lowest BCUT2D eigenvalue weighted by molar-refractivity contribution is 0.411. The highest BCUT2D eigenvalue weighted by molar-refractivity contribution is 5.36. The van der Waals surface area contributed by atoms with E-state index in [0.29, 0.717) is 6.04 Å². The van der Waals surface area contributed by atoms with Gasteiger partial charge in [-0.25, -0.2) is 4.98 Å². The number of anilines is 1. The van der Waals surface area contributed by atoms with Crippen LogP contribution < -0.4 is 10.6 Å². The van der Waals surface area contributed by atoms with E-state index in [0.717, 1.165) is 18.9 Å². The number of piperidine rings is 1. The minimum Gasteiger partial charge on any atom is -0.370 e. The number of aromatic nitrogens is 1. The topological polar surface area (TPSA) is 37.0 Å². The van der Waals surface area contributed by atoms with E-state index < -0.39 is 0 Å². The zero-order valence-corrected chi connectivity index (χ0v) is 9.29. The standard InChI is InChI=1S/C12H19N3/c1-2-13-12-7-6-10(9-15-12)11-5-3-4-8-14-11/h6-7,9,11,14H,2-5,8H2,1H3,(H,13,15)/t11-/m1/s1. The van der Waals surface area contributed by atoms with Gasteiger partial charge in [0.2, 0.25) is 0 Å². The second-order valence-electron chi connectivity index (χ2n) is 4.01. The lowest BCUT2D eigenvalue weighted by atomic mass is 9.99. The third-order valence-electron chi connectivity index (χ3n) is 2.86. The number of pyridine rings is 1. The first-order chi connectivity index (χ1) is 7.40. The lowest BCUT2D eigenvalue weighted by Gasteiger charge is -2.23. The minimum atomic E-state index is 0.516. The molecule has 3 heteroatoms. The van der Waals surface area contributed by atoms with Crippen LogP contribution in [0.2, 0.25) is 0 Å². The summed E-state index contributed by atoms with van der Waals surface area (Å²) in [4.78, 5) is 4.39. The number of rotatable bonds is 3. The number of hydrogen-bond donors (Lipinski definition) is 2. The van der Waals surface area contributed by atoms with Gasteiger partial charge in [-0.15, -0.1) is 0 Å². The van der Waals surface area contributed by atoms with Crippen LogP contribution in [0.15, 0.2) is 18.3 Å². The van der Waals surface area contributed by atoms with Crippen molar-refractivity contribution in [2.45, 2.75) is 32.2 Å². The molecule has 0 saturated carbocycles. The van der Waals surface area contributed by atoms with Crippen molar-refractivity contribution in [1.82, 2.24) is 10.3 Å². The Morgan fingerprint density at radius 1 is 1.47 bits per heavy atom. The van der Waals surface area contributed by atoms with Crippen molar-refractivity contribution < 1.29 is 0 Å². The Hall–Kier alpha value is -1.09. The fourth-order valence-electron chi connectivity index (χ4n) is 2.03. The molecule has 82 valence electrons. The van der Waals surface area contributed by atoms with Crippen LogP contribution in [0.1, 0.15) is 37.8 Å². The third kappa shape index (κ3) is 2.69. The van der Waals surface area contributed by atoms with Crippen molar-refractivity contribution in [3.63, 3.8) is 0 Å². The summed E-state index contributed by atoms with van der Waals surface area (Å²) in [7, 11) is 0. The van der Waals surface area contributed by atoms with Crippen LogP contribution in [0.4, 0.5) is 5.82 Å². The van der Waals surface area contributed by atoms with Gasteiger partial charge in [0, 0.05) is 18.8 Å². The van der Waals surface area contributed by atoms with Crippen molar-refractivity contribution >= 4 is 5.82 Å².